The highest BCUT2D eigenvalue weighted by molar-refractivity contribution is 5.47. The largest absolute Gasteiger partial charge is 0.383 e. The summed E-state index contributed by atoms with van der Waals surface area (Å²) in [6.45, 7) is 10.8. The van der Waals surface area contributed by atoms with Crippen LogP contribution >= 0.6 is 0 Å². The quantitative estimate of drug-likeness (QED) is 0.534. The van der Waals surface area contributed by atoms with Gasteiger partial charge in [-0.2, -0.15) is 0 Å². The van der Waals surface area contributed by atoms with E-state index < -0.39 is 0 Å². The molecule has 0 saturated heterocycles. The smallest absolute Gasteiger partial charge is 0.0340 e. The van der Waals surface area contributed by atoms with E-state index in [0.717, 1.165) is 13.1 Å². The molecule has 2 heteroatoms. The fraction of sp³-hybridized carbons (Fsp3) is 0.455. The zero-order valence-corrected chi connectivity index (χ0v) is 15.6. The van der Waals surface area contributed by atoms with Gasteiger partial charge in [0.1, 0.15) is 0 Å². The predicted molar refractivity (Wildman–Crippen MR) is 107 cm³/mol. The van der Waals surface area contributed by atoms with Gasteiger partial charge in [0.15, 0.2) is 0 Å². The second-order valence-corrected chi connectivity index (χ2v) is 6.72. The third-order valence-electron chi connectivity index (χ3n) is 4.97. The Bertz CT molecular complexity index is 531. The van der Waals surface area contributed by atoms with Crippen molar-refractivity contribution in [1.82, 2.24) is 0 Å². The summed E-state index contributed by atoms with van der Waals surface area (Å²) < 4.78 is 0. The van der Waals surface area contributed by atoms with Gasteiger partial charge in [0.2, 0.25) is 0 Å². The van der Waals surface area contributed by atoms with Gasteiger partial charge in [-0.3, -0.25) is 0 Å². The zero-order chi connectivity index (χ0) is 17.4. The molecular formula is C22H32N2. The average molecular weight is 325 g/mol. The van der Waals surface area contributed by atoms with Crippen LogP contribution in [0.15, 0.2) is 48.5 Å². The normalized spacial score (nSPS) is 13.3. The van der Waals surface area contributed by atoms with Crippen LogP contribution in [0.4, 0.5) is 11.4 Å². The summed E-state index contributed by atoms with van der Waals surface area (Å²) in [6, 6.07) is 17.7. The van der Waals surface area contributed by atoms with Crippen LogP contribution in [-0.4, -0.2) is 13.1 Å². The summed E-state index contributed by atoms with van der Waals surface area (Å²) in [6.07, 6.45) is 2.37. The predicted octanol–water partition coefficient (Wildman–Crippen LogP) is 6.24. The Morgan fingerprint density at radius 2 is 0.958 bits per heavy atom. The number of hydrogen-bond acceptors (Lipinski definition) is 2. The van der Waals surface area contributed by atoms with Crippen molar-refractivity contribution in [2.45, 2.75) is 52.4 Å². The molecule has 2 aromatic rings. The lowest BCUT2D eigenvalue weighted by atomic mass is 9.98. The van der Waals surface area contributed by atoms with Crippen LogP contribution < -0.4 is 10.6 Å². The molecule has 2 N–H and O–H groups in total. The van der Waals surface area contributed by atoms with Crippen molar-refractivity contribution in [3.8, 4) is 0 Å². The molecule has 24 heavy (non-hydrogen) atoms. The van der Waals surface area contributed by atoms with Gasteiger partial charge in [0.25, 0.3) is 0 Å². The highest BCUT2D eigenvalue weighted by Gasteiger charge is 2.03. The molecule has 0 fully saturated rings. The minimum absolute atomic E-state index is 0.638. The van der Waals surface area contributed by atoms with E-state index in [2.05, 4.69) is 86.9 Å². The van der Waals surface area contributed by atoms with Crippen LogP contribution in [0.2, 0.25) is 0 Å². The molecule has 0 aliphatic rings. The van der Waals surface area contributed by atoms with E-state index in [1.165, 1.54) is 35.3 Å². The zero-order valence-electron chi connectivity index (χ0n) is 15.6. The molecule has 0 aliphatic heterocycles. The van der Waals surface area contributed by atoms with E-state index in [1.54, 1.807) is 0 Å². The van der Waals surface area contributed by atoms with E-state index in [9.17, 15) is 0 Å². The monoisotopic (exact) mass is 324 g/mol. The van der Waals surface area contributed by atoms with Crippen molar-refractivity contribution in [1.29, 1.82) is 0 Å². The molecule has 0 radical (unpaired) electrons. The van der Waals surface area contributed by atoms with Gasteiger partial charge in [-0.15, -0.1) is 0 Å². The van der Waals surface area contributed by atoms with Crippen molar-refractivity contribution >= 4 is 11.4 Å². The van der Waals surface area contributed by atoms with Crippen molar-refractivity contribution in [3.05, 3.63) is 59.7 Å². The Kier molecular flexibility index (Phi) is 7.17. The van der Waals surface area contributed by atoms with Crippen molar-refractivity contribution in [2.24, 2.45) is 0 Å². The molecule has 0 aromatic heterocycles. The van der Waals surface area contributed by atoms with Gasteiger partial charge in [0.05, 0.1) is 0 Å². The van der Waals surface area contributed by atoms with Crippen LogP contribution in [0.1, 0.15) is 63.5 Å². The molecule has 2 unspecified atom stereocenters. The number of hydrogen-bond donors (Lipinski definition) is 2. The molecule has 130 valence electrons. The van der Waals surface area contributed by atoms with Crippen LogP contribution in [-0.2, 0) is 0 Å². The van der Waals surface area contributed by atoms with Gasteiger partial charge in [-0.05, 0) is 60.1 Å². The lowest BCUT2D eigenvalue weighted by Crippen LogP contribution is -2.13. The second kappa shape index (κ2) is 9.36. The molecule has 0 amide bonds. The van der Waals surface area contributed by atoms with E-state index in [1.807, 2.05) is 0 Å². The van der Waals surface area contributed by atoms with Crippen molar-refractivity contribution in [3.63, 3.8) is 0 Å². The Morgan fingerprint density at radius 1 is 0.625 bits per heavy atom. The second-order valence-electron chi connectivity index (χ2n) is 6.72. The number of nitrogens with one attached hydrogen (secondary N) is 2. The number of anilines is 2. The Balaban J connectivity index is 1.74. The first-order valence-corrected chi connectivity index (χ1v) is 9.31. The molecule has 2 nitrogen and oxygen atoms in total. The topological polar surface area (TPSA) is 24.1 Å². The van der Waals surface area contributed by atoms with Crippen LogP contribution in [0.3, 0.4) is 0 Å². The summed E-state index contributed by atoms with van der Waals surface area (Å²) in [5, 5.41) is 6.95. The lowest BCUT2D eigenvalue weighted by molar-refractivity contribution is 0.733. The Labute approximate surface area is 147 Å². The van der Waals surface area contributed by atoms with E-state index in [4.69, 9.17) is 0 Å². The molecule has 0 aliphatic carbocycles. The first-order valence-electron chi connectivity index (χ1n) is 9.31. The maximum atomic E-state index is 3.48. The van der Waals surface area contributed by atoms with Gasteiger partial charge in [-0.25, -0.2) is 0 Å². The van der Waals surface area contributed by atoms with Gasteiger partial charge < -0.3 is 10.6 Å². The molecule has 0 saturated carbocycles. The third kappa shape index (κ3) is 5.30. The molecule has 0 spiro atoms. The molecule has 2 aromatic carbocycles. The van der Waals surface area contributed by atoms with Crippen molar-refractivity contribution < 1.29 is 0 Å². The average Bonchev–Trinajstić information content (AvgIpc) is 2.65. The van der Waals surface area contributed by atoms with Gasteiger partial charge in [-0.1, -0.05) is 52.0 Å². The van der Waals surface area contributed by atoms with E-state index in [-0.39, 0.29) is 0 Å². The van der Waals surface area contributed by atoms with Gasteiger partial charge in [0, 0.05) is 24.5 Å². The molecule has 2 atom stereocenters. The fourth-order valence-corrected chi connectivity index (χ4v) is 2.74. The van der Waals surface area contributed by atoms with Gasteiger partial charge >= 0.3 is 0 Å². The highest BCUT2D eigenvalue weighted by atomic mass is 14.9. The molecular weight excluding hydrogens is 292 g/mol. The lowest BCUT2D eigenvalue weighted by Gasteiger charge is -2.13. The molecule has 2 rings (SSSR count). The molecule has 0 heterocycles. The minimum Gasteiger partial charge on any atom is -0.383 e. The first kappa shape index (κ1) is 18.4. The van der Waals surface area contributed by atoms with Crippen LogP contribution in [0, 0.1) is 0 Å². The van der Waals surface area contributed by atoms with Crippen LogP contribution in [0.25, 0.3) is 0 Å². The summed E-state index contributed by atoms with van der Waals surface area (Å²) in [7, 11) is 0. The maximum Gasteiger partial charge on any atom is 0.0340 e. The Hall–Kier alpha value is -1.96. The van der Waals surface area contributed by atoms with Crippen molar-refractivity contribution in [2.75, 3.05) is 23.7 Å². The summed E-state index contributed by atoms with van der Waals surface area (Å²) >= 11 is 0. The number of rotatable bonds is 9. The standard InChI is InChI=1S/C22H32N2/c1-5-17(3)19-7-11-21(12-8-19)23-15-16-24-22-13-9-20(10-14-22)18(4)6-2/h7-14,17-18,23-24H,5-6,15-16H2,1-4H3. The third-order valence-corrected chi connectivity index (χ3v) is 4.97. The summed E-state index contributed by atoms with van der Waals surface area (Å²) in [4.78, 5) is 0. The summed E-state index contributed by atoms with van der Waals surface area (Å²) in [5.41, 5.74) is 5.22. The van der Waals surface area contributed by atoms with E-state index >= 15 is 0 Å². The van der Waals surface area contributed by atoms with E-state index in [0.29, 0.717) is 11.8 Å². The maximum absolute atomic E-state index is 3.48. The fourth-order valence-electron chi connectivity index (χ4n) is 2.74. The molecule has 0 bridgehead atoms. The highest BCUT2D eigenvalue weighted by Crippen LogP contribution is 2.21. The first-order chi connectivity index (χ1) is 11.6. The van der Waals surface area contributed by atoms with Crippen LogP contribution in [0.5, 0.6) is 0 Å². The SMILES string of the molecule is CCC(C)c1ccc(NCCNc2ccc(C(C)CC)cc2)cc1. The minimum atomic E-state index is 0.638. The number of benzene rings is 2. The summed E-state index contributed by atoms with van der Waals surface area (Å²) in [5.74, 6) is 1.28. The Morgan fingerprint density at radius 3 is 1.25 bits per heavy atom.